The van der Waals surface area contributed by atoms with Crippen LogP contribution in [0.5, 0.6) is 0 Å². The van der Waals surface area contributed by atoms with Crippen LogP contribution in [-0.4, -0.2) is 62.6 Å². The summed E-state index contributed by atoms with van der Waals surface area (Å²) in [5.41, 5.74) is 6.09. The van der Waals surface area contributed by atoms with Gasteiger partial charge in [0.15, 0.2) is 0 Å². The van der Waals surface area contributed by atoms with E-state index in [-0.39, 0.29) is 30.2 Å². The van der Waals surface area contributed by atoms with Gasteiger partial charge < -0.3 is 15.7 Å². The van der Waals surface area contributed by atoms with Crippen LogP contribution in [0.4, 0.5) is 27.8 Å². The Labute approximate surface area is 194 Å². The molecule has 0 aliphatic carbocycles. The number of aromatic amines is 1. The van der Waals surface area contributed by atoms with Gasteiger partial charge in [-0.3, -0.25) is 0 Å². The SMILES string of the molecule is CN(C)c1ccc(-c2ccnc(-n3c(CC(CN)=C(F)F)n[nH]c3=O)c2)cn1.O=C(O)C(F)(F)F. The number of H-pyrrole nitrogens is 1. The average molecular weight is 501 g/mol. The molecule has 0 spiro atoms. The van der Waals surface area contributed by atoms with Gasteiger partial charge in [0.05, 0.1) is 0 Å². The van der Waals surface area contributed by atoms with E-state index in [1.807, 2.05) is 31.1 Å². The van der Waals surface area contributed by atoms with Crippen molar-refractivity contribution in [3.63, 3.8) is 0 Å². The van der Waals surface area contributed by atoms with Crippen LogP contribution < -0.4 is 16.3 Å². The highest BCUT2D eigenvalue weighted by atomic mass is 19.4. The monoisotopic (exact) mass is 501 g/mol. The molecule has 3 heterocycles. The van der Waals surface area contributed by atoms with Gasteiger partial charge in [0.2, 0.25) is 0 Å². The van der Waals surface area contributed by atoms with Gasteiger partial charge in [-0.2, -0.15) is 27.1 Å². The van der Waals surface area contributed by atoms with E-state index in [4.69, 9.17) is 15.6 Å². The summed E-state index contributed by atoms with van der Waals surface area (Å²) >= 11 is 0. The first kappa shape index (κ1) is 27.1. The van der Waals surface area contributed by atoms with Crippen LogP contribution in [-0.2, 0) is 11.2 Å². The molecule has 10 nitrogen and oxygen atoms in total. The molecule has 0 bridgehead atoms. The van der Waals surface area contributed by atoms with Gasteiger partial charge in [-0.15, -0.1) is 0 Å². The molecule has 0 saturated carbocycles. The fourth-order valence-corrected chi connectivity index (χ4v) is 2.63. The van der Waals surface area contributed by atoms with Crippen LogP contribution in [0.1, 0.15) is 5.82 Å². The summed E-state index contributed by atoms with van der Waals surface area (Å²) in [7, 11) is 3.79. The van der Waals surface area contributed by atoms with E-state index < -0.39 is 23.9 Å². The normalized spacial score (nSPS) is 10.9. The molecule has 3 rings (SSSR count). The van der Waals surface area contributed by atoms with E-state index in [2.05, 4.69) is 20.2 Å². The standard InChI is InChI=1S/C18H19F2N7O.C2HF3O2/c1-26(2)14-4-3-12(10-23-14)11-5-6-22-15(7-11)27-16(24-25-18(27)28)8-13(9-21)17(19)20;3-2(4,5)1(6)7/h3-7,10H,8-9,21H2,1-2H3,(H,25,28);(H,6,7). The predicted molar refractivity (Wildman–Crippen MR) is 115 cm³/mol. The zero-order chi connectivity index (χ0) is 26.3. The lowest BCUT2D eigenvalue weighted by Gasteiger charge is -2.12. The fourth-order valence-electron chi connectivity index (χ4n) is 2.63. The second-order valence-electron chi connectivity index (χ2n) is 7.03. The molecule has 0 amide bonds. The van der Waals surface area contributed by atoms with Crippen LogP contribution in [0.15, 0.2) is 53.1 Å². The van der Waals surface area contributed by atoms with Crippen LogP contribution in [0, 0.1) is 0 Å². The zero-order valence-electron chi connectivity index (χ0n) is 18.3. The summed E-state index contributed by atoms with van der Waals surface area (Å²) in [6.45, 7) is -0.333. The highest BCUT2D eigenvalue weighted by Gasteiger charge is 2.38. The number of nitrogens with zero attached hydrogens (tertiary/aromatic N) is 5. The number of nitrogens with one attached hydrogen (secondary N) is 1. The number of hydrogen-bond acceptors (Lipinski definition) is 7. The van der Waals surface area contributed by atoms with E-state index in [1.54, 1.807) is 18.3 Å². The Bertz CT molecular complexity index is 1250. The summed E-state index contributed by atoms with van der Waals surface area (Å²) in [5.74, 6) is -1.59. The molecule has 0 saturated heterocycles. The first-order chi connectivity index (χ1) is 16.3. The Morgan fingerprint density at radius 2 is 1.83 bits per heavy atom. The second-order valence-corrected chi connectivity index (χ2v) is 7.03. The minimum Gasteiger partial charge on any atom is -0.475 e. The molecule has 0 aliphatic rings. The molecule has 3 aromatic heterocycles. The summed E-state index contributed by atoms with van der Waals surface area (Å²) in [6.07, 6.45) is -3.98. The maximum atomic E-state index is 12.9. The number of anilines is 1. The second kappa shape index (κ2) is 11.3. The van der Waals surface area contributed by atoms with Crippen molar-refractivity contribution in [2.45, 2.75) is 12.6 Å². The summed E-state index contributed by atoms with van der Waals surface area (Å²) in [5, 5.41) is 13.2. The molecule has 35 heavy (non-hydrogen) atoms. The van der Waals surface area contributed by atoms with E-state index in [0.29, 0.717) is 0 Å². The number of nitrogens with two attached hydrogens (primary N) is 1. The first-order valence-electron chi connectivity index (χ1n) is 9.64. The number of hydrogen-bond donors (Lipinski definition) is 3. The number of aromatic nitrogens is 5. The van der Waals surface area contributed by atoms with Crippen LogP contribution >= 0.6 is 0 Å². The molecule has 0 unspecified atom stereocenters. The minimum atomic E-state index is -5.08. The lowest BCUT2D eigenvalue weighted by Crippen LogP contribution is -2.21. The highest BCUT2D eigenvalue weighted by molar-refractivity contribution is 5.73. The maximum absolute atomic E-state index is 12.9. The molecule has 15 heteroatoms. The van der Waals surface area contributed by atoms with Crippen LogP contribution in [0.25, 0.3) is 16.9 Å². The molecule has 0 atom stereocenters. The molecule has 0 aromatic carbocycles. The quantitative estimate of drug-likeness (QED) is 0.437. The Morgan fingerprint density at radius 3 is 2.31 bits per heavy atom. The van der Waals surface area contributed by atoms with Crippen molar-refractivity contribution in [3.8, 4) is 16.9 Å². The average Bonchev–Trinajstić information content (AvgIpc) is 3.17. The lowest BCUT2D eigenvalue weighted by molar-refractivity contribution is -0.192. The third-order valence-corrected chi connectivity index (χ3v) is 4.38. The number of carboxylic acids is 1. The Balaban J connectivity index is 0.000000540. The van der Waals surface area contributed by atoms with Gasteiger partial charge in [-0.25, -0.2) is 29.2 Å². The van der Waals surface area contributed by atoms with Crippen molar-refractivity contribution in [3.05, 3.63) is 64.6 Å². The number of rotatable bonds is 6. The molecule has 0 aliphatic heterocycles. The molecule has 3 aromatic rings. The van der Waals surface area contributed by atoms with Crippen molar-refractivity contribution >= 4 is 11.8 Å². The third-order valence-electron chi connectivity index (χ3n) is 4.38. The van der Waals surface area contributed by atoms with E-state index in [1.165, 1.54) is 6.20 Å². The summed E-state index contributed by atoms with van der Waals surface area (Å²) in [6, 6.07) is 7.21. The van der Waals surface area contributed by atoms with Gasteiger partial charge in [-0.1, -0.05) is 0 Å². The van der Waals surface area contributed by atoms with Gasteiger partial charge >= 0.3 is 17.8 Å². The molecular formula is C20H20F5N7O3. The minimum absolute atomic E-state index is 0.101. The van der Waals surface area contributed by atoms with Crippen molar-refractivity contribution in [2.75, 3.05) is 25.5 Å². The summed E-state index contributed by atoms with van der Waals surface area (Å²) in [4.78, 5) is 31.5. The third kappa shape index (κ3) is 7.17. The van der Waals surface area contributed by atoms with Crippen molar-refractivity contribution in [1.82, 2.24) is 24.7 Å². The van der Waals surface area contributed by atoms with Gasteiger partial charge in [0, 0.05) is 50.6 Å². The molecule has 0 radical (unpaired) electrons. The number of halogens is 5. The Morgan fingerprint density at radius 1 is 1.17 bits per heavy atom. The summed E-state index contributed by atoms with van der Waals surface area (Å²) < 4.78 is 58.8. The number of carbonyl (C=O) groups is 1. The fraction of sp³-hybridized carbons (Fsp3) is 0.250. The van der Waals surface area contributed by atoms with Crippen LogP contribution in [0.2, 0.25) is 0 Å². The zero-order valence-corrected chi connectivity index (χ0v) is 18.3. The lowest BCUT2D eigenvalue weighted by atomic mass is 10.1. The molecule has 188 valence electrons. The largest absolute Gasteiger partial charge is 0.490 e. The van der Waals surface area contributed by atoms with Gasteiger partial charge in [0.1, 0.15) is 17.5 Å². The Hall–Kier alpha value is -4.14. The highest BCUT2D eigenvalue weighted by Crippen LogP contribution is 2.22. The van der Waals surface area contributed by atoms with E-state index in [0.717, 1.165) is 21.5 Å². The van der Waals surface area contributed by atoms with Crippen LogP contribution in [0.3, 0.4) is 0 Å². The van der Waals surface area contributed by atoms with Crippen molar-refractivity contribution < 1.29 is 31.9 Å². The number of pyridine rings is 2. The Kier molecular flexibility index (Phi) is 8.77. The number of aliphatic carboxylic acids is 1. The first-order valence-corrected chi connectivity index (χ1v) is 9.64. The molecular weight excluding hydrogens is 481 g/mol. The van der Waals surface area contributed by atoms with Gasteiger partial charge in [-0.05, 0) is 29.8 Å². The predicted octanol–water partition coefficient (Wildman–Crippen LogP) is 2.37. The number of alkyl halides is 3. The topological polar surface area (TPSA) is 143 Å². The smallest absolute Gasteiger partial charge is 0.475 e. The van der Waals surface area contributed by atoms with Crippen molar-refractivity contribution in [2.24, 2.45) is 5.73 Å². The number of carboxylic acid groups (broad SMARTS) is 1. The van der Waals surface area contributed by atoms with E-state index >= 15 is 0 Å². The van der Waals surface area contributed by atoms with Gasteiger partial charge in [0.25, 0.3) is 6.08 Å². The van der Waals surface area contributed by atoms with Crippen molar-refractivity contribution in [1.29, 1.82) is 0 Å². The maximum Gasteiger partial charge on any atom is 0.490 e. The molecule has 4 N–H and O–H groups in total. The van der Waals surface area contributed by atoms with E-state index in [9.17, 15) is 26.7 Å². The molecule has 0 fully saturated rings.